The molecular weight excluding hydrogens is 256 g/mol. The van der Waals surface area contributed by atoms with E-state index in [4.69, 9.17) is 5.11 Å². The van der Waals surface area contributed by atoms with Crippen molar-refractivity contribution in [1.82, 2.24) is 4.31 Å². The number of sulfonamides is 1. The Morgan fingerprint density at radius 1 is 1.29 bits per heavy atom. The van der Waals surface area contributed by atoms with Crippen LogP contribution in [0.25, 0.3) is 0 Å². The Morgan fingerprint density at radius 3 is 2.24 bits per heavy atom. The van der Waals surface area contributed by atoms with Gasteiger partial charge in [0.15, 0.2) is 5.82 Å². The summed E-state index contributed by atoms with van der Waals surface area (Å²) in [4.78, 5) is 9.61. The van der Waals surface area contributed by atoms with Gasteiger partial charge in [-0.15, -0.1) is 0 Å². The van der Waals surface area contributed by atoms with Crippen LogP contribution in [0.4, 0.5) is 8.78 Å². The third-order valence-corrected chi connectivity index (χ3v) is 3.81. The Bertz CT molecular complexity index is 569. The number of aromatic carboxylic acids is 1. The van der Waals surface area contributed by atoms with Crippen molar-refractivity contribution in [3.63, 3.8) is 0 Å². The number of carbonyl (C=O) groups is 1. The topological polar surface area (TPSA) is 74.7 Å². The van der Waals surface area contributed by atoms with Gasteiger partial charge in [-0.3, -0.25) is 0 Å². The van der Waals surface area contributed by atoms with Crippen molar-refractivity contribution < 1.29 is 27.1 Å². The van der Waals surface area contributed by atoms with E-state index in [0.717, 1.165) is 14.1 Å². The number of hydrogen-bond donors (Lipinski definition) is 1. The summed E-state index contributed by atoms with van der Waals surface area (Å²) in [5.74, 6) is -4.35. The Balaban J connectivity index is 3.62. The molecule has 0 saturated carbocycles. The molecule has 1 rings (SSSR count). The van der Waals surface area contributed by atoms with E-state index < -0.39 is 38.1 Å². The van der Waals surface area contributed by atoms with Crippen LogP contribution in [0.3, 0.4) is 0 Å². The standard InChI is InChI=1S/C9H9F2NO4S/c1-12(2)17(15,16)7-4-5(10)3-6(8(7)11)9(13)14/h3-4H,1-2H3,(H,13,14). The van der Waals surface area contributed by atoms with Crippen molar-refractivity contribution in [2.24, 2.45) is 0 Å². The molecule has 0 amide bonds. The fraction of sp³-hybridized carbons (Fsp3) is 0.222. The molecule has 0 unspecified atom stereocenters. The molecule has 0 fully saturated rings. The zero-order valence-electron chi connectivity index (χ0n) is 8.94. The zero-order chi connectivity index (χ0) is 13.4. The average Bonchev–Trinajstić information content (AvgIpc) is 2.20. The van der Waals surface area contributed by atoms with E-state index in [0.29, 0.717) is 16.4 Å². The Hall–Kier alpha value is -1.54. The number of halogens is 2. The van der Waals surface area contributed by atoms with E-state index >= 15 is 0 Å². The molecule has 1 aromatic rings. The third-order valence-electron chi connectivity index (χ3n) is 1.99. The molecule has 0 bridgehead atoms. The van der Waals surface area contributed by atoms with Crippen molar-refractivity contribution in [2.75, 3.05) is 14.1 Å². The minimum atomic E-state index is -4.23. The van der Waals surface area contributed by atoms with Gasteiger partial charge in [0, 0.05) is 14.1 Å². The van der Waals surface area contributed by atoms with E-state index in [1.165, 1.54) is 0 Å². The summed E-state index contributed by atoms with van der Waals surface area (Å²) in [6.07, 6.45) is 0. The van der Waals surface area contributed by atoms with E-state index in [9.17, 15) is 22.0 Å². The normalized spacial score (nSPS) is 11.8. The molecule has 17 heavy (non-hydrogen) atoms. The molecule has 0 saturated heterocycles. The van der Waals surface area contributed by atoms with Crippen LogP contribution in [0.1, 0.15) is 10.4 Å². The van der Waals surface area contributed by atoms with Gasteiger partial charge < -0.3 is 5.11 Å². The van der Waals surface area contributed by atoms with Crippen LogP contribution in [0.15, 0.2) is 17.0 Å². The van der Waals surface area contributed by atoms with E-state index in [1.807, 2.05) is 0 Å². The maximum absolute atomic E-state index is 13.6. The Labute approximate surface area is 96.3 Å². The van der Waals surface area contributed by atoms with Gasteiger partial charge in [-0.1, -0.05) is 0 Å². The maximum atomic E-state index is 13.6. The number of rotatable bonds is 3. The molecule has 0 aliphatic rings. The first-order valence-corrected chi connectivity index (χ1v) is 5.76. The van der Waals surface area contributed by atoms with Crippen molar-refractivity contribution in [1.29, 1.82) is 0 Å². The monoisotopic (exact) mass is 265 g/mol. The molecule has 1 aromatic carbocycles. The first-order valence-electron chi connectivity index (χ1n) is 4.32. The highest BCUT2D eigenvalue weighted by Gasteiger charge is 2.27. The Kier molecular flexibility index (Phi) is 3.48. The van der Waals surface area contributed by atoms with Crippen LogP contribution in [0, 0.1) is 11.6 Å². The molecule has 0 atom stereocenters. The summed E-state index contributed by atoms with van der Waals surface area (Å²) in [7, 11) is -1.98. The molecule has 0 heterocycles. The molecular formula is C9H9F2NO4S. The van der Waals surface area contributed by atoms with Gasteiger partial charge in [-0.05, 0) is 12.1 Å². The van der Waals surface area contributed by atoms with Gasteiger partial charge in [0.2, 0.25) is 10.0 Å². The van der Waals surface area contributed by atoms with Crippen LogP contribution in [0.2, 0.25) is 0 Å². The highest BCUT2D eigenvalue weighted by molar-refractivity contribution is 7.89. The van der Waals surface area contributed by atoms with Gasteiger partial charge in [0.1, 0.15) is 10.7 Å². The number of benzene rings is 1. The lowest BCUT2D eigenvalue weighted by Crippen LogP contribution is -2.24. The second-order valence-electron chi connectivity index (χ2n) is 3.36. The van der Waals surface area contributed by atoms with Crippen LogP contribution >= 0.6 is 0 Å². The van der Waals surface area contributed by atoms with Gasteiger partial charge in [0.05, 0.1) is 5.56 Å². The molecule has 1 N–H and O–H groups in total. The van der Waals surface area contributed by atoms with Crippen molar-refractivity contribution in [2.45, 2.75) is 4.90 Å². The van der Waals surface area contributed by atoms with Crippen LogP contribution in [-0.2, 0) is 10.0 Å². The lowest BCUT2D eigenvalue weighted by molar-refractivity contribution is 0.0690. The molecule has 0 radical (unpaired) electrons. The fourth-order valence-electron chi connectivity index (χ4n) is 1.10. The number of hydrogen-bond acceptors (Lipinski definition) is 3. The predicted octanol–water partition coefficient (Wildman–Crippen LogP) is 0.913. The lowest BCUT2D eigenvalue weighted by Gasteiger charge is -2.13. The van der Waals surface area contributed by atoms with Gasteiger partial charge in [-0.2, -0.15) is 0 Å². The third kappa shape index (κ3) is 2.42. The van der Waals surface area contributed by atoms with Crippen LogP contribution in [-0.4, -0.2) is 37.9 Å². The molecule has 0 aliphatic heterocycles. The van der Waals surface area contributed by atoms with Gasteiger partial charge >= 0.3 is 5.97 Å². The summed E-state index contributed by atoms with van der Waals surface area (Å²) in [6.45, 7) is 0. The largest absolute Gasteiger partial charge is 0.478 e. The first-order chi connectivity index (χ1) is 7.67. The van der Waals surface area contributed by atoms with E-state index in [2.05, 4.69) is 0 Å². The summed E-state index contributed by atoms with van der Waals surface area (Å²) >= 11 is 0. The molecule has 0 spiro atoms. The van der Waals surface area contributed by atoms with Crippen molar-refractivity contribution in [3.8, 4) is 0 Å². The maximum Gasteiger partial charge on any atom is 0.338 e. The summed E-state index contributed by atoms with van der Waals surface area (Å²) in [6, 6.07) is 0.865. The van der Waals surface area contributed by atoms with Crippen LogP contribution < -0.4 is 0 Å². The highest BCUT2D eigenvalue weighted by atomic mass is 32.2. The number of carboxylic acids is 1. The molecule has 94 valence electrons. The lowest BCUT2D eigenvalue weighted by atomic mass is 10.2. The van der Waals surface area contributed by atoms with E-state index in [-0.39, 0.29) is 0 Å². The molecule has 0 aliphatic carbocycles. The fourth-order valence-corrected chi connectivity index (χ4v) is 2.10. The minimum Gasteiger partial charge on any atom is -0.478 e. The molecule has 8 heteroatoms. The van der Waals surface area contributed by atoms with Crippen molar-refractivity contribution >= 4 is 16.0 Å². The average molecular weight is 265 g/mol. The number of nitrogens with zero attached hydrogens (tertiary/aromatic N) is 1. The quantitative estimate of drug-likeness (QED) is 0.881. The first kappa shape index (κ1) is 13.5. The second-order valence-corrected chi connectivity index (χ2v) is 5.48. The van der Waals surface area contributed by atoms with Crippen LogP contribution in [0.5, 0.6) is 0 Å². The predicted molar refractivity (Wildman–Crippen MR) is 54.2 cm³/mol. The number of carboxylic acid groups (broad SMARTS) is 1. The summed E-state index contributed by atoms with van der Waals surface area (Å²) in [5, 5.41) is 8.60. The Morgan fingerprint density at radius 2 is 1.82 bits per heavy atom. The smallest absolute Gasteiger partial charge is 0.338 e. The van der Waals surface area contributed by atoms with Gasteiger partial charge in [-0.25, -0.2) is 26.3 Å². The van der Waals surface area contributed by atoms with Crippen molar-refractivity contribution in [3.05, 3.63) is 29.3 Å². The summed E-state index contributed by atoms with van der Waals surface area (Å²) in [5.41, 5.74) is -1.02. The van der Waals surface area contributed by atoms with Gasteiger partial charge in [0.25, 0.3) is 0 Å². The highest BCUT2D eigenvalue weighted by Crippen LogP contribution is 2.22. The second kappa shape index (κ2) is 4.38. The molecule has 5 nitrogen and oxygen atoms in total. The van der Waals surface area contributed by atoms with E-state index in [1.54, 1.807) is 0 Å². The SMILES string of the molecule is CN(C)S(=O)(=O)c1cc(F)cc(C(=O)O)c1F. The minimum absolute atomic E-state index is 0.423. The summed E-state index contributed by atoms with van der Waals surface area (Å²) < 4.78 is 50.5. The zero-order valence-corrected chi connectivity index (χ0v) is 9.75. The molecule has 0 aromatic heterocycles.